The van der Waals surface area contributed by atoms with Gasteiger partial charge in [-0.3, -0.25) is 4.55 Å². The maximum Gasteiger partial charge on any atom is 0.274 e. The highest BCUT2D eigenvalue weighted by atomic mass is 32.2. The molecule has 4 heteroatoms. The minimum absolute atomic E-state index is 0.528. The summed E-state index contributed by atoms with van der Waals surface area (Å²) < 4.78 is 36.2. The molecule has 1 aromatic carbocycles. The average molecular weight is 523 g/mol. The zero-order valence-corrected chi connectivity index (χ0v) is 25.1. The Hall–Kier alpha value is -0.870. The maximum absolute atomic E-state index is 13.3. The molecular formula is C32H58O3S. The van der Waals surface area contributed by atoms with Crippen LogP contribution < -0.4 is 0 Å². The van der Waals surface area contributed by atoms with Gasteiger partial charge in [0.25, 0.3) is 10.1 Å². The van der Waals surface area contributed by atoms with E-state index in [1.807, 2.05) is 12.1 Å². The van der Waals surface area contributed by atoms with Crippen LogP contribution in [0.1, 0.15) is 166 Å². The first-order valence-electron chi connectivity index (χ1n) is 15.4. The number of aryl methyl sites for hydroxylation is 1. The van der Waals surface area contributed by atoms with E-state index in [4.69, 9.17) is 0 Å². The molecule has 1 aromatic rings. The summed E-state index contributed by atoms with van der Waals surface area (Å²) in [6.07, 6.45) is 22.6. The molecule has 36 heavy (non-hydrogen) atoms. The molecule has 1 rings (SSSR count). The average Bonchev–Trinajstić information content (AvgIpc) is 2.84. The lowest BCUT2D eigenvalue weighted by Crippen LogP contribution is -2.37. The Morgan fingerprint density at radius 2 is 1.06 bits per heavy atom. The normalized spacial score (nSPS) is 12.4. The van der Waals surface area contributed by atoms with Crippen LogP contribution >= 0.6 is 0 Å². The van der Waals surface area contributed by atoms with Gasteiger partial charge >= 0.3 is 0 Å². The zero-order valence-electron chi connectivity index (χ0n) is 24.3. The number of rotatable bonds is 23. The minimum atomic E-state index is -4.26. The van der Waals surface area contributed by atoms with Crippen LogP contribution in [0.15, 0.2) is 18.2 Å². The van der Waals surface area contributed by atoms with E-state index in [1.54, 1.807) is 0 Å². The highest BCUT2D eigenvalue weighted by Crippen LogP contribution is 2.43. The predicted octanol–water partition coefficient (Wildman–Crippen LogP) is 10.5. The number of hydrogen-bond acceptors (Lipinski definition) is 2. The quantitative estimate of drug-likeness (QED) is 0.115. The first-order valence-corrected chi connectivity index (χ1v) is 16.8. The van der Waals surface area contributed by atoms with Crippen molar-refractivity contribution in [2.45, 2.75) is 167 Å². The third-order valence-electron chi connectivity index (χ3n) is 8.04. The van der Waals surface area contributed by atoms with Crippen molar-refractivity contribution < 1.29 is 13.0 Å². The summed E-state index contributed by atoms with van der Waals surface area (Å²) in [6, 6.07) is 6.12. The van der Waals surface area contributed by atoms with E-state index in [9.17, 15) is 13.0 Å². The summed E-state index contributed by atoms with van der Waals surface area (Å²) in [7, 11) is -4.26. The van der Waals surface area contributed by atoms with Gasteiger partial charge < -0.3 is 0 Å². The SMILES string of the molecule is CCCCCCCCc1c(C)cccc1C(CCCCCCCC)(CCCCCCCC)S(=O)(=O)O. The smallest absolute Gasteiger partial charge is 0.274 e. The van der Waals surface area contributed by atoms with Gasteiger partial charge in [0.2, 0.25) is 0 Å². The van der Waals surface area contributed by atoms with Crippen molar-refractivity contribution in [2.75, 3.05) is 0 Å². The maximum atomic E-state index is 13.3. The Balaban J connectivity index is 3.15. The van der Waals surface area contributed by atoms with Crippen molar-refractivity contribution in [3.63, 3.8) is 0 Å². The second-order valence-electron chi connectivity index (χ2n) is 11.1. The van der Waals surface area contributed by atoms with Gasteiger partial charge in [-0.1, -0.05) is 148 Å². The Morgan fingerprint density at radius 1 is 0.639 bits per heavy atom. The van der Waals surface area contributed by atoms with Crippen LogP contribution in [0, 0.1) is 6.92 Å². The molecule has 3 nitrogen and oxygen atoms in total. The van der Waals surface area contributed by atoms with Crippen LogP contribution in [0.25, 0.3) is 0 Å². The molecule has 0 spiro atoms. The Kier molecular flexibility index (Phi) is 17.7. The summed E-state index contributed by atoms with van der Waals surface area (Å²) in [5.41, 5.74) is 3.23. The Morgan fingerprint density at radius 3 is 1.50 bits per heavy atom. The van der Waals surface area contributed by atoms with Crippen LogP contribution in [-0.4, -0.2) is 13.0 Å². The molecule has 0 bridgehead atoms. The number of unbranched alkanes of at least 4 members (excludes halogenated alkanes) is 15. The van der Waals surface area contributed by atoms with Gasteiger partial charge in [-0.15, -0.1) is 0 Å². The van der Waals surface area contributed by atoms with Crippen LogP contribution in [0.2, 0.25) is 0 Å². The van der Waals surface area contributed by atoms with Crippen molar-refractivity contribution in [2.24, 2.45) is 0 Å². The van der Waals surface area contributed by atoms with Crippen LogP contribution in [0.5, 0.6) is 0 Å². The van der Waals surface area contributed by atoms with Crippen LogP contribution in [-0.2, 0) is 21.3 Å². The molecule has 0 heterocycles. The Labute approximate surface area is 225 Å². The van der Waals surface area contributed by atoms with E-state index in [1.165, 1.54) is 81.8 Å². The largest absolute Gasteiger partial charge is 0.285 e. The van der Waals surface area contributed by atoms with Gasteiger partial charge in [0.1, 0.15) is 4.75 Å². The van der Waals surface area contributed by atoms with Crippen LogP contribution in [0.4, 0.5) is 0 Å². The number of benzene rings is 1. The standard InChI is InChI=1S/C32H58O3S/c1-5-8-11-14-17-20-25-30-29(4)24-23-26-31(30)32(36(33,34)35,27-21-18-15-12-9-6-2)28-22-19-16-13-10-7-3/h23-24,26H,5-22,25,27-28H2,1-4H3,(H,33,34,35). The summed E-state index contributed by atoms with van der Waals surface area (Å²) in [5, 5.41) is 0. The first-order chi connectivity index (χ1) is 17.3. The number of hydrogen-bond donors (Lipinski definition) is 1. The third-order valence-corrected chi connectivity index (χ3v) is 9.66. The fourth-order valence-corrected chi connectivity index (χ4v) is 6.99. The Bertz CT molecular complexity index is 769. The molecule has 0 unspecified atom stereocenters. The summed E-state index contributed by atoms with van der Waals surface area (Å²) in [4.78, 5) is 0. The molecule has 0 aromatic heterocycles. The van der Waals surface area contributed by atoms with Crippen molar-refractivity contribution in [3.8, 4) is 0 Å². The van der Waals surface area contributed by atoms with Gasteiger partial charge in [-0.2, -0.15) is 8.42 Å². The van der Waals surface area contributed by atoms with Gasteiger partial charge in [0.05, 0.1) is 0 Å². The van der Waals surface area contributed by atoms with E-state index in [2.05, 4.69) is 33.8 Å². The second-order valence-corrected chi connectivity index (χ2v) is 12.9. The lowest BCUT2D eigenvalue weighted by molar-refractivity contribution is 0.372. The van der Waals surface area contributed by atoms with Crippen molar-refractivity contribution in [1.82, 2.24) is 0 Å². The van der Waals surface area contributed by atoms with Crippen molar-refractivity contribution in [3.05, 3.63) is 34.9 Å². The lowest BCUT2D eigenvalue weighted by atomic mass is 9.82. The highest BCUT2D eigenvalue weighted by Gasteiger charge is 2.45. The van der Waals surface area contributed by atoms with E-state index in [0.717, 1.165) is 56.9 Å². The summed E-state index contributed by atoms with van der Waals surface area (Å²) in [5.74, 6) is 0. The van der Waals surface area contributed by atoms with Gasteiger partial charge in [-0.05, 0) is 49.3 Å². The topological polar surface area (TPSA) is 54.4 Å². The molecule has 0 fully saturated rings. The van der Waals surface area contributed by atoms with E-state index < -0.39 is 14.9 Å². The van der Waals surface area contributed by atoms with Gasteiger partial charge in [0, 0.05) is 0 Å². The molecule has 210 valence electrons. The van der Waals surface area contributed by atoms with E-state index >= 15 is 0 Å². The molecule has 0 aliphatic heterocycles. The summed E-state index contributed by atoms with van der Waals surface area (Å²) >= 11 is 0. The highest BCUT2D eigenvalue weighted by molar-refractivity contribution is 7.86. The molecule has 1 N–H and O–H groups in total. The molecule has 0 radical (unpaired) electrons. The van der Waals surface area contributed by atoms with Gasteiger partial charge in [-0.25, -0.2) is 0 Å². The first kappa shape index (κ1) is 33.2. The molecule has 0 saturated heterocycles. The second kappa shape index (κ2) is 19.2. The van der Waals surface area contributed by atoms with Crippen molar-refractivity contribution in [1.29, 1.82) is 0 Å². The van der Waals surface area contributed by atoms with Gasteiger partial charge in [0.15, 0.2) is 0 Å². The minimum Gasteiger partial charge on any atom is -0.285 e. The monoisotopic (exact) mass is 522 g/mol. The molecular weight excluding hydrogens is 464 g/mol. The van der Waals surface area contributed by atoms with Crippen molar-refractivity contribution >= 4 is 10.1 Å². The van der Waals surface area contributed by atoms with E-state index in [0.29, 0.717) is 12.8 Å². The molecule has 0 amide bonds. The third kappa shape index (κ3) is 11.7. The zero-order chi connectivity index (χ0) is 26.7. The lowest BCUT2D eigenvalue weighted by Gasteiger charge is -2.34. The fourth-order valence-electron chi connectivity index (χ4n) is 5.72. The molecule has 0 saturated carbocycles. The molecule has 0 aliphatic carbocycles. The predicted molar refractivity (Wildman–Crippen MR) is 157 cm³/mol. The molecule has 0 atom stereocenters. The molecule has 0 aliphatic rings. The van der Waals surface area contributed by atoms with E-state index in [-0.39, 0.29) is 0 Å². The fraction of sp³-hybridized carbons (Fsp3) is 0.812. The van der Waals surface area contributed by atoms with Crippen LogP contribution in [0.3, 0.4) is 0 Å². The summed E-state index contributed by atoms with van der Waals surface area (Å²) in [6.45, 7) is 8.78.